The Hall–Kier alpha value is -2.69. The molecule has 3 rings (SSSR count). The summed E-state index contributed by atoms with van der Waals surface area (Å²) in [7, 11) is 0. The van der Waals surface area contributed by atoms with Crippen LogP contribution in [0.4, 0.5) is 10.2 Å². The highest BCUT2D eigenvalue weighted by Crippen LogP contribution is 2.35. The third-order valence-corrected chi connectivity index (χ3v) is 2.89. The van der Waals surface area contributed by atoms with Gasteiger partial charge in [-0.25, -0.2) is 4.39 Å². The van der Waals surface area contributed by atoms with Gasteiger partial charge in [-0.05, 0) is 18.2 Å². The SMILES string of the molecule is Nc1n[nH]c(-c2ccccc2F)c1-c1cccnc1. The lowest BCUT2D eigenvalue weighted by atomic mass is 10.0. The molecular weight excluding hydrogens is 243 g/mol. The van der Waals surface area contributed by atoms with Crippen LogP contribution in [0.1, 0.15) is 0 Å². The van der Waals surface area contributed by atoms with E-state index in [2.05, 4.69) is 15.2 Å². The molecule has 94 valence electrons. The molecule has 0 bridgehead atoms. The van der Waals surface area contributed by atoms with Crippen molar-refractivity contribution >= 4 is 5.82 Å². The van der Waals surface area contributed by atoms with Crippen molar-refractivity contribution in [1.82, 2.24) is 15.2 Å². The van der Waals surface area contributed by atoms with Crippen molar-refractivity contribution < 1.29 is 4.39 Å². The van der Waals surface area contributed by atoms with E-state index in [4.69, 9.17) is 5.73 Å². The highest BCUT2D eigenvalue weighted by atomic mass is 19.1. The van der Waals surface area contributed by atoms with Gasteiger partial charge in [0.1, 0.15) is 5.82 Å². The summed E-state index contributed by atoms with van der Waals surface area (Å²) in [6, 6.07) is 10.2. The van der Waals surface area contributed by atoms with Crippen LogP contribution in [-0.2, 0) is 0 Å². The van der Waals surface area contributed by atoms with Crippen molar-refractivity contribution in [3.8, 4) is 22.4 Å². The summed E-state index contributed by atoms with van der Waals surface area (Å²) in [5.74, 6) is 0.00235. The molecule has 0 saturated heterocycles. The van der Waals surface area contributed by atoms with Crippen LogP contribution in [0.5, 0.6) is 0 Å². The Kier molecular flexibility index (Phi) is 2.72. The normalized spacial score (nSPS) is 10.6. The third-order valence-electron chi connectivity index (χ3n) is 2.89. The minimum atomic E-state index is -0.323. The number of aromatic amines is 1. The van der Waals surface area contributed by atoms with Crippen molar-refractivity contribution in [3.05, 3.63) is 54.6 Å². The van der Waals surface area contributed by atoms with E-state index in [1.165, 1.54) is 6.07 Å². The maximum atomic E-state index is 13.9. The van der Waals surface area contributed by atoms with Crippen molar-refractivity contribution in [2.45, 2.75) is 0 Å². The second-order valence-corrected chi connectivity index (χ2v) is 4.08. The standard InChI is InChI=1S/C14H11FN4/c15-11-6-2-1-5-10(11)13-12(14(16)19-18-13)9-4-3-7-17-8-9/h1-8H,(H3,16,18,19). The molecule has 0 aliphatic rings. The first-order valence-electron chi connectivity index (χ1n) is 5.76. The molecule has 5 heteroatoms. The zero-order valence-corrected chi connectivity index (χ0v) is 9.97. The average molecular weight is 254 g/mol. The number of halogens is 1. The molecule has 4 nitrogen and oxygen atoms in total. The second-order valence-electron chi connectivity index (χ2n) is 4.08. The number of nitrogens with zero attached hydrogens (tertiary/aromatic N) is 2. The highest BCUT2D eigenvalue weighted by Gasteiger charge is 2.17. The van der Waals surface area contributed by atoms with Gasteiger partial charge in [0.05, 0.1) is 11.3 Å². The Morgan fingerprint density at radius 1 is 1.11 bits per heavy atom. The lowest BCUT2D eigenvalue weighted by Gasteiger charge is -2.05. The first-order valence-corrected chi connectivity index (χ1v) is 5.76. The van der Waals surface area contributed by atoms with Crippen LogP contribution in [-0.4, -0.2) is 15.2 Å². The molecule has 2 heterocycles. The molecule has 0 unspecified atom stereocenters. The second kappa shape index (κ2) is 4.53. The fraction of sp³-hybridized carbons (Fsp3) is 0. The van der Waals surface area contributed by atoms with Gasteiger partial charge in [0, 0.05) is 23.5 Å². The van der Waals surface area contributed by atoms with Crippen LogP contribution in [0.3, 0.4) is 0 Å². The molecule has 2 aromatic heterocycles. The number of pyridine rings is 1. The van der Waals surface area contributed by atoms with Crippen LogP contribution in [0.2, 0.25) is 0 Å². The first-order chi connectivity index (χ1) is 9.27. The van der Waals surface area contributed by atoms with Crippen molar-refractivity contribution in [2.75, 3.05) is 5.73 Å². The third kappa shape index (κ3) is 1.95. The number of nitrogen functional groups attached to an aromatic ring is 1. The molecule has 0 aliphatic heterocycles. The van der Waals surface area contributed by atoms with Crippen LogP contribution < -0.4 is 5.73 Å². The lowest BCUT2D eigenvalue weighted by Crippen LogP contribution is -1.90. The van der Waals surface area contributed by atoms with Gasteiger partial charge in [0.25, 0.3) is 0 Å². The Balaban J connectivity index is 2.23. The number of anilines is 1. The van der Waals surface area contributed by atoms with E-state index in [-0.39, 0.29) is 5.82 Å². The molecule has 1 aromatic carbocycles. The smallest absolute Gasteiger partial charge is 0.153 e. The highest BCUT2D eigenvalue weighted by molar-refractivity contribution is 5.87. The molecule has 0 amide bonds. The number of rotatable bonds is 2. The van der Waals surface area contributed by atoms with Gasteiger partial charge in [-0.3, -0.25) is 10.1 Å². The maximum absolute atomic E-state index is 13.9. The van der Waals surface area contributed by atoms with Gasteiger partial charge in [0.15, 0.2) is 5.82 Å². The largest absolute Gasteiger partial charge is 0.382 e. The van der Waals surface area contributed by atoms with E-state index in [9.17, 15) is 4.39 Å². The molecule has 0 aliphatic carbocycles. The van der Waals surface area contributed by atoms with E-state index >= 15 is 0 Å². The number of nitrogens with two attached hydrogens (primary N) is 1. The molecule has 3 N–H and O–H groups in total. The van der Waals surface area contributed by atoms with Crippen LogP contribution in [0.15, 0.2) is 48.8 Å². The molecule has 3 aromatic rings. The van der Waals surface area contributed by atoms with E-state index in [0.717, 1.165) is 5.56 Å². The summed E-state index contributed by atoms with van der Waals surface area (Å²) in [5, 5.41) is 6.76. The van der Waals surface area contributed by atoms with Gasteiger partial charge >= 0.3 is 0 Å². The van der Waals surface area contributed by atoms with Gasteiger partial charge in [-0.2, -0.15) is 5.10 Å². The summed E-state index contributed by atoms with van der Waals surface area (Å²) in [5.41, 5.74) is 8.33. The van der Waals surface area contributed by atoms with E-state index in [1.807, 2.05) is 6.07 Å². The van der Waals surface area contributed by atoms with Gasteiger partial charge in [0.2, 0.25) is 0 Å². The zero-order chi connectivity index (χ0) is 13.2. The van der Waals surface area contributed by atoms with Gasteiger partial charge in [-0.15, -0.1) is 0 Å². The maximum Gasteiger partial charge on any atom is 0.153 e. The summed E-state index contributed by atoms with van der Waals surface area (Å²) < 4.78 is 13.9. The summed E-state index contributed by atoms with van der Waals surface area (Å²) in [6.07, 6.45) is 3.34. The van der Waals surface area contributed by atoms with Gasteiger partial charge < -0.3 is 5.73 Å². The number of hydrogen-bond donors (Lipinski definition) is 2. The minimum Gasteiger partial charge on any atom is -0.382 e. The summed E-state index contributed by atoms with van der Waals surface area (Å²) in [4.78, 5) is 4.05. The van der Waals surface area contributed by atoms with E-state index < -0.39 is 0 Å². The van der Waals surface area contributed by atoms with Crippen molar-refractivity contribution in [2.24, 2.45) is 0 Å². The zero-order valence-electron chi connectivity index (χ0n) is 9.97. The number of H-pyrrole nitrogens is 1. The number of benzene rings is 1. The molecule has 0 radical (unpaired) electrons. The van der Waals surface area contributed by atoms with Crippen molar-refractivity contribution in [1.29, 1.82) is 0 Å². The van der Waals surface area contributed by atoms with Crippen molar-refractivity contribution in [3.63, 3.8) is 0 Å². The molecule has 19 heavy (non-hydrogen) atoms. The monoisotopic (exact) mass is 254 g/mol. The van der Waals surface area contributed by atoms with Crippen LogP contribution >= 0.6 is 0 Å². The Labute approximate surface area is 109 Å². The Bertz CT molecular complexity index is 706. The quantitative estimate of drug-likeness (QED) is 0.738. The fourth-order valence-electron chi connectivity index (χ4n) is 2.02. The van der Waals surface area contributed by atoms with Crippen LogP contribution in [0, 0.1) is 5.82 Å². The number of hydrogen-bond acceptors (Lipinski definition) is 3. The molecule has 0 atom stereocenters. The molecule has 0 saturated carbocycles. The summed E-state index contributed by atoms with van der Waals surface area (Å²) in [6.45, 7) is 0. The molecule has 0 spiro atoms. The number of nitrogens with one attached hydrogen (secondary N) is 1. The topological polar surface area (TPSA) is 67.6 Å². The van der Waals surface area contributed by atoms with E-state index in [1.54, 1.807) is 36.7 Å². The molecule has 0 fully saturated rings. The fourth-order valence-corrected chi connectivity index (χ4v) is 2.02. The first kappa shape index (κ1) is 11.4. The lowest BCUT2D eigenvalue weighted by molar-refractivity contribution is 0.630. The summed E-state index contributed by atoms with van der Waals surface area (Å²) >= 11 is 0. The predicted octanol–water partition coefficient (Wildman–Crippen LogP) is 2.86. The number of aromatic nitrogens is 3. The Morgan fingerprint density at radius 2 is 1.95 bits per heavy atom. The predicted molar refractivity (Wildman–Crippen MR) is 71.6 cm³/mol. The minimum absolute atomic E-state index is 0.323. The van der Waals surface area contributed by atoms with E-state index in [0.29, 0.717) is 22.6 Å². The Morgan fingerprint density at radius 3 is 2.68 bits per heavy atom. The van der Waals surface area contributed by atoms with Crippen LogP contribution in [0.25, 0.3) is 22.4 Å². The molecular formula is C14H11FN4. The van der Waals surface area contributed by atoms with Gasteiger partial charge in [-0.1, -0.05) is 18.2 Å². The average Bonchev–Trinajstić information content (AvgIpc) is 2.82.